The van der Waals surface area contributed by atoms with Gasteiger partial charge < -0.3 is 0 Å². The maximum absolute atomic E-state index is 6.02. The second kappa shape index (κ2) is 10.1. The Labute approximate surface area is 41.6 Å². The third-order valence-corrected chi connectivity index (χ3v) is 0. The molecule has 0 atom stereocenters. The normalized spacial score (nSPS) is 2.75. The van der Waals surface area contributed by atoms with Crippen LogP contribution in [-0.2, 0) is 0 Å². The average Bonchev–Trinajstić information content (AvgIpc) is 0.918. The van der Waals surface area contributed by atoms with E-state index in [-0.39, 0.29) is 18.9 Å². The molecule has 0 aromatic rings. The van der Waals surface area contributed by atoms with Crippen LogP contribution in [0, 0.1) is 12.0 Å². The molecule has 0 nitrogen and oxygen atoms in total. The summed E-state index contributed by atoms with van der Waals surface area (Å²) in [5, 5.41) is 0. The Morgan fingerprint density at radius 1 is 1.75 bits per heavy atom. The number of hydrogen-bond acceptors (Lipinski definition) is 0. The van der Waals surface area contributed by atoms with Gasteiger partial charge in [0.1, 0.15) is 0 Å². The van der Waals surface area contributed by atoms with E-state index >= 15 is 0 Å². The Hall–Kier alpha value is 0.374. The van der Waals surface area contributed by atoms with Crippen molar-refractivity contribution in [3.8, 4) is 5.54 Å². The fraction of sp³-hybridized carbons (Fsp3) is 0. The Morgan fingerprint density at radius 2 is 1.75 bits per heavy atom. The van der Waals surface area contributed by atoms with Crippen LogP contribution < -0.4 is 0 Å². The van der Waals surface area contributed by atoms with Gasteiger partial charge in [0.25, 0.3) is 0 Å². The van der Waals surface area contributed by atoms with Gasteiger partial charge >= 0.3 is 18.9 Å². The first kappa shape index (κ1) is 8.83. The van der Waals surface area contributed by atoms with Crippen LogP contribution >= 0.6 is 0 Å². The predicted octanol–water partition coefficient (Wildman–Crippen LogP) is -1.75. The molecule has 0 bridgehead atoms. The van der Waals surface area contributed by atoms with Crippen LogP contribution in [0.3, 0.4) is 0 Å². The molecule has 0 aliphatic carbocycles. The number of hydrogen-bond donors (Lipinski definition) is 0. The fourth-order valence-corrected chi connectivity index (χ4v) is 0. The summed E-state index contributed by atoms with van der Waals surface area (Å²) in [5.41, 5.74) is 2.14. The average molecular weight is 63.1 g/mol. The molecule has 0 saturated heterocycles. The van der Waals surface area contributed by atoms with Crippen LogP contribution in [0.5, 0.6) is 0 Å². The van der Waals surface area contributed by atoms with Crippen LogP contribution in [0.2, 0.25) is 0 Å². The molecule has 0 N–H and O–H groups in total. The third-order valence-electron chi connectivity index (χ3n) is 0. The first-order chi connectivity index (χ1) is 1.41. The first-order valence-corrected chi connectivity index (χ1v) is 1.75. The molecule has 0 aliphatic heterocycles. The summed E-state index contributed by atoms with van der Waals surface area (Å²) in [7, 11) is 0.785. The van der Waals surface area contributed by atoms with E-state index < -0.39 is 0 Å². The zero-order chi connectivity index (χ0) is 2.71. The van der Waals surface area contributed by atoms with Crippen molar-refractivity contribution in [3.05, 3.63) is 6.42 Å². The SMILES string of the molecule is [C]#C[SiH3].[LiH]. The molecule has 4 heavy (non-hydrogen) atoms. The molecule has 0 rings (SSSR count). The molecule has 0 aromatic carbocycles. The van der Waals surface area contributed by atoms with Gasteiger partial charge in [-0.2, -0.15) is 0 Å². The van der Waals surface area contributed by atoms with Crippen molar-refractivity contribution in [1.82, 2.24) is 0 Å². The van der Waals surface area contributed by atoms with E-state index in [2.05, 4.69) is 5.54 Å². The standard InChI is InChI=1S/C2H3Si.Li.H/c1-2-3;;/h3H3;;. The first-order valence-electron chi connectivity index (χ1n) is 0.750. The minimum absolute atomic E-state index is 0. The Bertz CT molecular complexity index is 27.5. The molecular formula is C2H4LiSi. The summed E-state index contributed by atoms with van der Waals surface area (Å²) in [5.74, 6) is 0. The predicted molar refractivity (Wildman–Crippen MR) is 24.2 cm³/mol. The van der Waals surface area contributed by atoms with E-state index in [4.69, 9.17) is 6.42 Å². The van der Waals surface area contributed by atoms with Gasteiger partial charge in [0.15, 0.2) is 0 Å². The Kier molecular flexibility index (Phi) is 22.2. The van der Waals surface area contributed by atoms with Gasteiger partial charge in [0, 0.05) is 0 Å². The summed E-state index contributed by atoms with van der Waals surface area (Å²) in [4.78, 5) is 0. The molecule has 0 fully saturated rings. The van der Waals surface area contributed by atoms with Gasteiger partial charge in [-0.1, -0.05) is 0 Å². The van der Waals surface area contributed by atoms with E-state index in [1.165, 1.54) is 0 Å². The topological polar surface area (TPSA) is 0 Å². The van der Waals surface area contributed by atoms with Crippen molar-refractivity contribution in [1.29, 1.82) is 0 Å². The van der Waals surface area contributed by atoms with E-state index in [1.54, 1.807) is 0 Å². The van der Waals surface area contributed by atoms with Gasteiger partial charge in [0.2, 0.25) is 0 Å². The van der Waals surface area contributed by atoms with Gasteiger partial charge in [-0.15, -0.1) is 5.54 Å². The van der Waals surface area contributed by atoms with Crippen molar-refractivity contribution in [3.63, 3.8) is 0 Å². The molecule has 0 saturated carbocycles. The van der Waals surface area contributed by atoms with Crippen LogP contribution in [0.15, 0.2) is 0 Å². The summed E-state index contributed by atoms with van der Waals surface area (Å²) in [6.07, 6.45) is 6.02. The van der Waals surface area contributed by atoms with E-state index in [9.17, 15) is 0 Å². The summed E-state index contributed by atoms with van der Waals surface area (Å²) in [6, 6.07) is 0. The van der Waals surface area contributed by atoms with E-state index in [0.29, 0.717) is 0 Å². The van der Waals surface area contributed by atoms with E-state index in [1.807, 2.05) is 0 Å². The van der Waals surface area contributed by atoms with Crippen molar-refractivity contribution >= 4 is 29.1 Å². The molecule has 0 spiro atoms. The number of rotatable bonds is 0. The van der Waals surface area contributed by atoms with Gasteiger partial charge in [-0.05, 0) is 6.42 Å². The molecule has 2 heteroatoms. The second-order valence-electron chi connectivity index (χ2n) is 0.250. The maximum atomic E-state index is 6.02. The molecule has 17 valence electrons. The van der Waals surface area contributed by atoms with Crippen molar-refractivity contribution < 1.29 is 0 Å². The van der Waals surface area contributed by atoms with Crippen LogP contribution in [0.1, 0.15) is 0 Å². The molecule has 0 heterocycles. The molecule has 1 radical (unpaired) electrons. The van der Waals surface area contributed by atoms with Crippen molar-refractivity contribution in [2.75, 3.05) is 0 Å². The van der Waals surface area contributed by atoms with E-state index in [0.717, 1.165) is 10.2 Å². The van der Waals surface area contributed by atoms with Crippen LogP contribution in [-0.4, -0.2) is 29.1 Å². The zero-order valence-corrected chi connectivity index (χ0v) is 4.00. The monoisotopic (exact) mass is 63.0 g/mol. The Morgan fingerprint density at radius 3 is 1.75 bits per heavy atom. The van der Waals surface area contributed by atoms with Crippen LogP contribution in [0.25, 0.3) is 0 Å². The Balaban J connectivity index is 0. The van der Waals surface area contributed by atoms with Gasteiger partial charge in [-0.25, -0.2) is 0 Å². The minimum atomic E-state index is 0. The molecule has 0 unspecified atom stereocenters. The van der Waals surface area contributed by atoms with Crippen LogP contribution in [0.4, 0.5) is 0 Å². The van der Waals surface area contributed by atoms with Crippen molar-refractivity contribution in [2.45, 2.75) is 0 Å². The summed E-state index contributed by atoms with van der Waals surface area (Å²) < 4.78 is 0. The molecule has 0 aromatic heterocycles. The molecule has 0 amide bonds. The third kappa shape index (κ3) is 32.0. The summed E-state index contributed by atoms with van der Waals surface area (Å²) in [6.45, 7) is 0. The van der Waals surface area contributed by atoms with Crippen molar-refractivity contribution in [2.24, 2.45) is 0 Å². The zero-order valence-electron chi connectivity index (χ0n) is 2.00. The summed E-state index contributed by atoms with van der Waals surface area (Å²) >= 11 is 0. The quantitative estimate of drug-likeness (QED) is 0.231. The fourth-order valence-electron chi connectivity index (χ4n) is 0. The molecule has 0 aliphatic rings. The second-order valence-corrected chi connectivity index (χ2v) is 0.750. The van der Waals surface area contributed by atoms with Gasteiger partial charge in [0.05, 0.1) is 10.2 Å². The molecular weight excluding hydrogens is 59.0 g/mol. The van der Waals surface area contributed by atoms with Gasteiger partial charge in [-0.3, -0.25) is 0 Å².